The van der Waals surface area contributed by atoms with Gasteiger partial charge in [-0.3, -0.25) is 9.59 Å². The number of hydrogen-bond donors (Lipinski definition) is 1. The zero-order valence-corrected chi connectivity index (χ0v) is 11.8. The van der Waals surface area contributed by atoms with Crippen molar-refractivity contribution in [2.24, 2.45) is 5.73 Å². The van der Waals surface area contributed by atoms with Gasteiger partial charge >= 0.3 is 0 Å². The minimum Gasteiger partial charge on any atom is -0.341 e. The summed E-state index contributed by atoms with van der Waals surface area (Å²) in [7, 11) is 1.62. The molecule has 108 valence electrons. The largest absolute Gasteiger partial charge is 0.341 e. The van der Waals surface area contributed by atoms with Crippen LogP contribution in [0.3, 0.4) is 0 Å². The minimum absolute atomic E-state index is 0.00129. The van der Waals surface area contributed by atoms with Gasteiger partial charge in [0.2, 0.25) is 11.8 Å². The molecule has 1 saturated heterocycles. The van der Waals surface area contributed by atoms with Crippen LogP contribution in [0.4, 0.5) is 0 Å². The van der Waals surface area contributed by atoms with E-state index >= 15 is 0 Å². The van der Waals surface area contributed by atoms with E-state index in [0.29, 0.717) is 0 Å². The molecular weight excluding hydrogens is 254 g/mol. The third kappa shape index (κ3) is 3.36. The maximum atomic E-state index is 12.2. The molecule has 0 aromatic heterocycles. The lowest BCUT2D eigenvalue weighted by molar-refractivity contribution is -0.139. The molecule has 1 fully saturated rings. The highest BCUT2D eigenvalue weighted by Gasteiger charge is 2.24. The molecule has 1 aromatic rings. The molecule has 5 heteroatoms. The average Bonchev–Trinajstić information content (AvgIpc) is 3.01. The minimum atomic E-state index is -0.715. The van der Waals surface area contributed by atoms with E-state index in [1.54, 1.807) is 11.9 Å². The third-order valence-corrected chi connectivity index (χ3v) is 3.63. The number of benzene rings is 1. The monoisotopic (exact) mass is 275 g/mol. The van der Waals surface area contributed by atoms with E-state index in [1.807, 2.05) is 30.3 Å². The lowest BCUT2D eigenvalue weighted by atomic mass is 10.1. The first-order chi connectivity index (χ1) is 9.59. The molecule has 1 aromatic carbocycles. The highest BCUT2D eigenvalue weighted by molar-refractivity contribution is 5.88. The van der Waals surface area contributed by atoms with Crippen LogP contribution in [0.1, 0.15) is 24.4 Å². The maximum absolute atomic E-state index is 12.2. The molecule has 1 heterocycles. The first-order valence-electron chi connectivity index (χ1n) is 6.93. The summed E-state index contributed by atoms with van der Waals surface area (Å²) in [6.07, 6.45) is 2.10. The van der Waals surface area contributed by atoms with Crippen molar-refractivity contribution in [1.29, 1.82) is 0 Å². The molecule has 0 bridgehead atoms. The second-order valence-corrected chi connectivity index (χ2v) is 5.17. The topological polar surface area (TPSA) is 66.6 Å². The fourth-order valence-electron chi connectivity index (χ4n) is 2.39. The van der Waals surface area contributed by atoms with Crippen molar-refractivity contribution in [3.05, 3.63) is 35.9 Å². The first kappa shape index (κ1) is 14.5. The zero-order valence-electron chi connectivity index (χ0n) is 11.8. The maximum Gasteiger partial charge on any atom is 0.244 e. The number of hydrogen-bond acceptors (Lipinski definition) is 3. The van der Waals surface area contributed by atoms with Crippen molar-refractivity contribution in [2.75, 3.05) is 26.7 Å². The molecule has 2 N–H and O–H groups in total. The predicted molar refractivity (Wildman–Crippen MR) is 76.8 cm³/mol. The van der Waals surface area contributed by atoms with Gasteiger partial charge in [-0.2, -0.15) is 0 Å². The molecule has 0 spiro atoms. The van der Waals surface area contributed by atoms with Gasteiger partial charge in [0, 0.05) is 20.1 Å². The Morgan fingerprint density at radius 3 is 2.45 bits per heavy atom. The number of likely N-dealkylation sites (tertiary alicyclic amines) is 1. The highest BCUT2D eigenvalue weighted by Crippen LogP contribution is 2.13. The second-order valence-electron chi connectivity index (χ2n) is 5.17. The average molecular weight is 275 g/mol. The van der Waals surface area contributed by atoms with Crippen LogP contribution in [-0.4, -0.2) is 48.3 Å². The van der Waals surface area contributed by atoms with Gasteiger partial charge in [-0.15, -0.1) is 0 Å². The van der Waals surface area contributed by atoms with Crippen molar-refractivity contribution in [3.63, 3.8) is 0 Å². The SMILES string of the molecule is CN(CC(=O)N1CCCC1)C(=O)[C@H](N)c1ccccc1. The van der Waals surface area contributed by atoms with Crippen LogP contribution in [-0.2, 0) is 9.59 Å². The molecule has 0 radical (unpaired) electrons. The molecule has 1 atom stereocenters. The zero-order chi connectivity index (χ0) is 14.5. The van der Waals surface area contributed by atoms with Crippen LogP contribution >= 0.6 is 0 Å². The molecule has 1 aliphatic rings. The smallest absolute Gasteiger partial charge is 0.244 e. The van der Waals surface area contributed by atoms with Gasteiger partial charge < -0.3 is 15.5 Å². The van der Waals surface area contributed by atoms with Gasteiger partial charge in [0.1, 0.15) is 6.04 Å². The number of rotatable bonds is 4. The van der Waals surface area contributed by atoms with Crippen LogP contribution in [0.25, 0.3) is 0 Å². The lowest BCUT2D eigenvalue weighted by Gasteiger charge is -2.24. The van der Waals surface area contributed by atoms with Crippen LogP contribution < -0.4 is 5.73 Å². The normalized spacial score (nSPS) is 16.0. The van der Waals surface area contributed by atoms with Gasteiger partial charge in [0.05, 0.1) is 6.54 Å². The molecule has 0 saturated carbocycles. The Kier molecular flexibility index (Phi) is 4.74. The Hall–Kier alpha value is -1.88. The van der Waals surface area contributed by atoms with E-state index in [9.17, 15) is 9.59 Å². The molecule has 1 aliphatic heterocycles. The van der Waals surface area contributed by atoms with Crippen LogP contribution in [0, 0.1) is 0 Å². The predicted octanol–water partition coefficient (Wildman–Crippen LogP) is 0.767. The number of carbonyl (C=O) groups is 2. The molecule has 5 nitrogen and oxygen atoms in total. The van der Waals surface area contributed by atoms with Gasteiger partial charge in [0.15, 0.2) is 0 Å². The first-order valence-corrected chi connectivity index (χ1v) is 6.93. The molecule has 20 heavy (non-hydrogen) atoms. The van der Waals surface area contributed by atoms with Crippen LogP contribution in [0.2, 0.25) is 0 Å². The van der Waals surface area contributed by atoms with E-state index in [-0.39, 0.29) is 18.4 Å². The van der Waals surface area contributed by atoms with Gasteiger partial charge in [-0.05, 0) is 18.4 Å². The molecule has 2 rings (SSSR count). The Morgan fingerprint density at radius 2 is 1.85 bits per heavy atom. The van der Waals surface area contributed by atoms with Crippen LogP contribution in [0.5, 0.6) is 0 Å². The highest BCUT2D eigenvalue weighted by atomic mass is 16.2. The fraction of sp³-hybridized carbons (Fsp3) is 0.467. The summed E-state index contributed by atoms with van der Waals surface area (Å²) in [5.41, 5.74) is 6.71. The third-order valence-electron chi connectivity index (χ3n) is 3.63. The number of nitrogens with two attached hydrogens (primary N) is 1. The number of likely N-dealkylation sites (N-methyl/N-ethyl adjacent to an activating group) is 1. The van der Waals surface area contributed by atoms with E-state index in [2.05, 4.69) is 0 Å². The Labute approximate surface area is 119 Å². The lowest BCUT2D eigenvalue weighted by Crippen LogP contribution is -2.43. The summed E-state index contributed by atoms with van der Waals surface area (Å²) < 4.78 is 0. The Bertz CT molecular complexity index is 469. The molecule has 2 amide bonds. The Balaban J connectivity index is 1.93. The van der Waals surface area contributed by atoms with Gasteiger partial charge in [0.25, 0.3) is 0 Å². The van der Waals surface area contributed by atoms with Crippen LogP contribution in [0.15, 0.2) is 30.3 Å². The summed E-state index contributed by atoms with van der Waals surface area (Å²) in [6.45, 7) is 1.69. The molecular formula is C15H21N3O2. The fourth-order valence-corrected chi connectivity index (χ4v) is 2.39. The molecule has 0 aliphatic carbocycles. The summed E-state index contributed by atoms with van der Waals surface area (Å²) >= 11 is 0. The second kappa shape index (κ2) is 6.52. The van der Waals surface area contributed by atoms with Crippen molar-refractivity contribution < 1.29 is 9.59 Å². The summed E-state index contributed by atoms with van der Waals surface area (Å²) in [5.74, 6) is -0.234. The molecule has 0 unspecified atom stereocenters. The van der Waals surface area contributed by atoms with E-state index in [0.717, 1.165) is 31.5 Å². The standard InChI is InChI=1S/C15H21N3O2/c1-17(11-13(19)18-9-5-6-10-18)15(20)14(16)12-7-3-2-4-8-12/h2-4,7-8,14H,5-6,9-11,16H2,1H3/t14-/m1/s1. The number of carbonyl (C=O) groups excluding carboxylic acids is 2. The summed E-state index contributed by atoms with van der Waals surface area (Å²) in [6, 6.07) is 8.49. The van der Waals surface area contributed by atoms with Crippen molar-refractivity contribution >= 4 is 11.8 Å². The number of amides is 2. The number of nitrogens with zero attached hydrogens (tertiary/aromatic N) is 2. The van der Waals surface area contributed by atoms with E-state index in [4.69, 9.17) is 5.73 Å². The Morgan fingerprint density at radius 1 is 1.25 bits per heavy atom. The van der Waals surface area contributed by atoms with E-state index in [1.165, 1.54) is 4.90 Å². The van der Waals surface area contributed by atoms with Crippen molar-refractivity contribution in [1.82, 2.24) is 9.80 Å². The quantitative estimate of drug-likeness (QED) is 0.882. The van der Waals surface area contributed by atoms with Crippen molar-refractivity contribution in [3.8, 4) is 0 Å². The van der Waals surface area contributed by atoms with Crippen molar-refractivity contribution in [2.45, 2.75) is 18.9 Å². The van der Waals surface area contributed by atoms with Gasteiger partial charge in [-0.25, -0.2) is 0 Å². The van der Waals surface area contributed by atoms with Gasteiger partial charge in [-0.1, -0.05) is 30.3 Å². The summed E-state index contributed by atoms with van der Waals surface area (Å²) in [4.78, 5) is 27.5. The van der Waals surface area contributed by atoms with E-state index < -0.39 is 6.04 Å². The summed E-state index contributed by atoms with van der Waals surface area (Å²) in [5, 5.41) is 0.